The highest BCUT2D eigenvalue weighted by atomic mass is 32.2. The first kappa shape index (κ1) is 11.8. The number of thioether (sulfide) groups is 1. The van der Waals surface area contributed by atoms with Crippen molar-refractivity contribution in [3.63, 3.8) is 0 Å². The normalized spacial score (nSPS) is 10.0. The van der Waals surface area contributed by atoms with Crippen LogP contribution in [0.1, 0.15) is 10.5 Å². The van der Waals surface area contributed by atoms with Gasteiger partial charge in [0.2, 0.25) is 0 Å². The van der Waals surface area contributed by atoms with Crippen LogP contribution >= 0.6 is 11.8 Å². The van der Waals surface area contributed by atoms with Crippen molar-refractivity contribution in [2.75, 3.05) is 30.5 Å². The fourth-order valence-electron chi connectivity index (χ4n) is 1.13. The third kappa shape index (κ3) is 3.43. The Labute approximate surface area is 93.3 Å². The maximum atomic E-state index is 10.7. The summed E-state index contributed by atoms with van der Waals surface area (Å²) in [5.41, 5.74) is 0.972. The van der Waals surface area contributed by atoms with Crippen molar-refractivity contribution in [3.05, 3.63) is 24.0 Å². The third-order valence-corrected chi connectivity index (χ3v) is 2.63. The molecule has 0 spiro atoms. The van der Waals surface area contributed by atoms with Crippen molar-refractivity contribution in [2.24, 2.45) is 0 Å². The van der Waals surface area contributed by atoms with Crippen LogP contribution in [0.3, 0.4) is 0 Å². The molecule has 1 aromatic heterocycles. The van der Waals surface area contributed by atoms with Gasteiger partial charge in [-0.3, -0.25) is 0 Å². The van der Waals surface area contributed by atoms with Crippen molar-refractivity contribution < 1.29 is 9.90 Å². The predicted molar refractivity (Wildman–Crippen MR) is 62.8 cm³/mol. The summed E-state index contributed by atoms with van der Waals surface area (Å²) in [6, 6.07) is 3.40. The van der Waals surface area contributed by atoms with Gasteiger partial charge in [0.05, 0.1) is 0 Å². The van der Waals surface area contributed by atoms with Crippen LogP contribution in [0.5, 0.6) is 0 Å². The lowest BCUT2D eigenvalue weighted by molar-refractivity contribution is 0.0690. The quantitative estimate of drug-likeness (QED) is 0.826. The number of nitrogens with zero attached hydrogens (tertiary/aromatic N) is 2. The molecule has 1 rings (SSSR count). The zero-order valence-corrected chi connectivity index (χ0v) is 9.62. The SMILES string of the molecule is CSCCN(C)c1ccnc(C(=O)O)c1. The van der Waals surface area contributed by atoms with Crippen LogP contribution < -0.4 is 4.90 Å². The zero-order chi connectivity index (χ0) is 11.3. The van der Waals surface area contributed by atoms with Crippen LogP contribution in [0.15, 0.2) is 18.3 Å². The maximum absolute atomic E-state index is 10.7. The van der Waals surface area contributed by atoms with Gasteiger partial charge in [0.15, 0.2) is 0 Å². The number of aromatic carboxylic acids is 1. The second kappa shape index (κ2) is 5.60. The standard InChI is InChI=1S/C10H14N2O2S/c1-12(5-6-15-2)8-3-4-11-9(7-8)10(13)14/h3-4,7H,5-6H2,1-2H3,(H,13,14). The maximum Gasteiger partial charge on any atom is 0.354 e. The van der Waals surface area contributed by atoms with Crippen molar-refractivity contribution in [2.45, 2.75) is 0 Å². The average molecular weight is 226 g/mol. The first-order valence-electron chi connectivity index (χ1n) is 4.54. The first-order valence-corrected chi connectivity index (χ1v) is 5.94. The van der Waals surface area contributed by atoms with Gasteiger partial charge in [0, 0.05) is 31.2 Å². The molecule has 1 heterocycles. The van der Waals surface area contributed by atoms with E-state index in [1.54, 1.807) is 17.8 Å². The molecule has 1 N–H and O–H groups in total. The topological polar surface area (TPSA) is 53.4 Å². The Morgan fingerprint density at radius 1 is 1.67 bits per heavy atom. The largest absolute Gasteiger partial charge is 0.477 e. The van der Waals surface area contributed by atoms with E-state index in [0.717, 1.165) is 18.0 Å². The van der Waals surface area contributed by atoms with E-state index < -0.39 is 5.97 Å². The summed E-state index contributed by atoms with van der Waals surface area (Å²) in [5.74, 6) is 0.0245. The smallest absolute Gasteiger partial charge is 0.354 e. The van der Waals surface area contributed by atoms with Gasteiger partial charge >= 0.3 is 5.97 Å². The highest BCUT2D eigenvalue weighted by Gasteiger charge is 2.07. The molecule has 0 aromatic carbocycles. The summed E-state index contributed by atoms with van der Waals surface area (Å²) in [4.78, 5) is 16.5. The Morgan fingerprint density at radius 2 is 2.40 bits per heavy atom. The number of pyridine rings is 1. The van der Waals surface area contributed by atoms with Crippen molar-refractivity contribution in [1.82, 2.24) is 4.98 Å². The second-order valence-electron chi connectivity index (χ2n) is 3.12. The number of anilines is 1. The number of carbonyl (C=O) groups is 1. The molecule has 0 saturated heterocycles. The Balaban J connectivity index is 2.76. The van der Waals surface area contributed by atoms with Gasteiger partial charge in [-0.1, -0.05) is 0 Å². The van der Waals surface area contributed by atoms with E-state index in [9.17, 15) is 4.79 Å². The van der Waals surface area contributed by atoms with Gasteiger partial charge in [0.25, 0.3) is 0 Å². The van der Waals surface area contributed by atoms with E-state index in [-0.39, 0.29) is 5.69 Å². The predicted octanol–water partition coefficient (Wildman–Crippen LogP) is 1.58. The van der Waals surface area contributed by atoms with E-state index in [0.29, 0.717) is 0 Å². The van der Waals surface area contributed by atoms with E-state index >= 15 is 0 Å². The second-order valence-corrected chi connectivity index (χ2v) is 4.10. The van der Waals surface area contributed by atoms with E-state index in [2.05, 4.69) is 4.98 Å². The Morgan fingerprint density at radius 3 is 3.00 bits per heavy atom. The first-order chi connectivity index (χ1) is 7.15. The van der Waals surface area contributed by atoms with Gasteiger partial charge in [0.1, 0.15) is 5.69 Å². The number of carboxylic acids is 1. The molecule has 0 radical (unpaired) electrons. The number of carboxylic acid groups (broad SMARTS) is 1. The van der Waals surface area contributed by atoms with E-state index in [1.807, 2.05) is 24.3 Å². The van der Waals surface area contributed by atoms with Crippen molar-refractivity contribution in [3.8, 4) is 0 Å². The van der Waals surface area contributed by atoms with E-state index in [1.165, 1.54) is 6.20 Å². The Bertz CT molecular complexity index is 344. The zero-order valence-electron chi connectivity index (χ0n) is 8.80. The molecule has 82 valence electrons. The lowest BCUT2D eigenvalue weighted by atomic mass is 10.3. The molecule has 0 fully saturated rings. The molecule has 4 nitrogen and oxygen atoms in total. The van der Waals surface area contributed by atoms with Crippen LogP contribution in [0, 0.1) is 0 Å². The minimum absolute atomic E-state index is 0.0866. The summed E-state index contributed by atoms with van der Waals surface area (Å²) in [5, 5.41) is 8.78. The minimum Gasteiger partial charge on any atom is -0.477 e. The highest BCUT2D eigenvalue weighted by Crippen LogP contribution is 2.13. The summed E-state index contributed by atoms with van der Waals surface area (Å²) in [6.07, 6.45) is 3.57. The molecule has 0 aliphatic heterocycles. The van der Waals surface area contributed by atoms with Gasteiger partial charge in [-0.05, 0) is 18.4 Å². The average Bonchev–Trinajstić information content (AvgIpc) is 2.26. The lowest BCUT2D eigenvalue weighted by Crippen LogP contribution is -2.20. The van der Waals surface area contributed by atoms with Crippen LogP contribution in [0.25, 0.3) is 0 Å². The number of hydrogen-bond donors (Lipinski definition) is 1. The summed E-state index contributed by atoms with van der Waals surface area (Å²) < 4.78 is 0. The molecule has 0 amide bonds. The monoisotopic (exact) mass is 226 g/mol. The van der Waals surface area contributed by atoms with Crippen molar-refractivity contribution in [1.29, 1.82) is 0 Å². The number of aromatic nitrogens is 1. The number of hydrogen-bond acceptors (Lipinski definition) is 4. The molecule has 0 saturated carbocycles. The van der Waals surface area contributed by atoms with Crippen molar-refractivity contribution >= 4 is 23.4 Å². The van der Waals surface area contributed by atoms with Gasteiger partial charge < -0.3 is 10.0 Å². The van der Waals surface area contributed by atoms with Crippen LogP contribution in [-0.2, 0) is 0 Å². The summed E-state index contributed by atoms with van der Waals surface area (Å²) >= 11 is 1.76. The lowest BCUT2D eigenvalue weighted by Gasteiger charge is -2.18. The molecule has 15 heavy (non-hydrogen) atoms. The van der Waals surface area contributed by atoms with Crippen LogP contribution in [0.4, 0.5) is 5.69 Å². The fraction of sp³-hybridized carbons (Fsp3) is 0.400. The van der Waals surface area contributed by atoms with Gasteiger partial charge in [-0.25, -0.2) is 9.78 Å². The molecule has 0 atom stereocenters. The molecular weight excluding hydrogens is 212 g/mol. The van der Waals surface area contributed by atoms with Gasteiger partial charge in [-0.15, -0.1) is 0 Å². The highest BCUT2D eigenvalue weighted by molar-refractivity contribution is 7.98. The number of rotatable bonds is 5. The molecule has 0 aliphatic rings. The van der Waals surface area contributed by atoms with Crippen LogP contribution in [0.2, 0.25) is 0 Å². The Hall–Kier alpha value is -1.23. The fourth-order valence-corrected chi connectivity index (χ4v) is 1.59. The molecule has 0 unspecified atom stereocenters. The van der Waals surface area contributed by atoms with Gasteiger partial charge in [-0.2, -0.15) is 11.8 Å². The molecule has 0 aliphatic carbocycles. The Kier molecular flexibility index (Phi) is 4.42. The summed E-state index contributed by atoms with van der Waals surface area (Å²) in [6.45, 7) is 0.893. The third-order valence-electron chi connectivity index (χ3n) is 2.03. The molecule has 5 heteroatoms. The molecule has 0 bridgehead atoms. The van der Waals surface area contributed by atoms with Crippen LogP contribution in [-0.4, -0.2) is 41.7 Å². The molecule has 1 aromatic rings. The van der Waals surface area contributed by atoms with E-state index in [4.69, 9.17) is 5.11 Å². The summed E-state index contributed by atoms with van der Waals surface area (Å²) in [7, 11) is 1.94. The minimum atomic E-state index is -0.991. The molecular formula is C10H14N2O2S.